The summed E-state index contributed by atoms with van der Waals surface area (Å²) >= 11 is 0. The lowest BCUT2D eigenvalue weighted by Gasteiger charge is -2.35. The third kappa shape index (κ3) is 5.78. The van der Waals surface area contributed by atoms with Gasteiger partial charge in [0.2, 0.25) is 0 Å². The quantitative estimate of drug-likeness (QED) is 0.384. The molecule has 0 aliphatic heterocycles. The zero-order valence-electron chi connectivity index (χ0n) is 15.1. The predicted octanol–water partition coefficient (Wildman–Crippen LogP) is 6.94. The maximum Gasteiger partial charge on any atom is -0.0355 e. The van der Waals surface area contributed by atoms with Gasteiger partial charge in [0.05, 0.1) is 0 Å². The molecule has 0 heteroatoms. The predicted molar refractivity (Wildman–Crippen MR) is 91.9 cm³/mol. The van der Waals surface area contributed by atoms with Crippen molar-refractivity contribution < 1.29 is 0 Å². The van der Waals surface area contributed by atoms with Gasteiger partial charge in [0.25, 0.3) is 0 Å². The fourth-order valence-corrected chi connectivity index (χ4v) is 4.35. The van der Waals surface area contributed by atoms with E-state index in [1.165, 1.54) is 51.4 Å². The Hall–Kier alpha value is 0. The Balaban J connectivity index is 2.59. The van der Waals surface area contributed by atoms with Crippen LogP contribution >= 0.6 is 0 Å². The molecule has 0 amide bonds. The topological polar surface area (TPSA) is 0 Å². The van der Waals surface area contributed by atoms with Gasteiger partial charge < -0.3 is 0 Å². The lowest BCUT2D eigenvalue weighted by atomic mass is 9.70. The summed E-state index contributed by atoms with van der Waals surface area (Å²) in [6.45, 7) is 14.7. The Bertz CT molecular complexity index is 238. The van der Waals surface area contributed by atoms with E-state index in [2.05, 4.69) is 41.5 Å². The molecule has 1 saturated carbocycles. The van der Waals surface area contributed by atoms with Crippen LogP contribution in [0, 0.1) is 35.5 Å². The maximum absolute atomic E-state index is 2.58. The van der Waals surface area contributed by atoms with Gasteiger partial charge in [-0.25, -0.2) is 0 Å². The molecule has 0 aromatic rings. The summed E-state index contributed by atoms with van der Waals surface area (Å²) in [6.07, 6.45) is 11.6. The highest BCUT2D eigenvalue weighted by molar-refractivity contribution is 4.88. The summed E-state index contributed by atoms with van der Waals surface area (Å²) in [6, 6.07) is 0. The summed E-state index contributed by atoms with van der Waals surface area (Å²) in [5, 5.41) is 0. The summed E-state index contributed by atoms with van der Waals surface area (Å²) in [5.41, 5.74) is 0. The second-order valence-corrected chi connectivity index (χ2v) is 8.04. The molecule has 1 aliphatic rings. The van der Waals surface area contributed by atoms with Crippen LogP contribution in [0.2, 0.25) is 0 Å². The molecule has 0 heterocycles. The number of unbranched alkanes of at least 4 members (excludes halogenated alkanes) is 1. The monoisotopic (exact) mass is 280 g/mol. The molecular weight excluding hydrogens is 240 g/mol. The minimum absolute atomic E-state index is 0.858. The third-order valence-electron chi connectivity index (χ3n) is 5.78. The highest BCUT2D eigenvalue weighted by Gasteiger charge is 2.38. The first-order chi connectivity index (χ1) is 9.51. The van der Waals surface area contributed by atoms with Crippen LogP contribution in [0.3, 0.4) is 0 Å². The van der Waals surface area contributed by atoms with Gasteiger partial charge in [0.15, 0.2) is 0 Å². The van der Waals surface area contributed by atoms with E-state index in [-0.39, 0.29) is 0 Å². The van der Waals surface area contributed by atoms with Gasteiger partial charge in [0, 0.05) is 0 Å². The first-order valence-corrected chi connectivity index (χ1v) is 9.51. The van der Waals surface area contributed by atoms with Crippen molar-refractivity contribution in [3.8, 4) is 0 Å². The van der Waals surface area contributed by atoms with Crippen LogP contribution in [0.1, 0.15) is 92.9 Å². The average molecular weight is 281 g/mol. The van der Waals surface area contributed by atoms with E-state index < -0.39 is 0 Å². The van der Waals surface area contributed by atoms with E-state index >= 15 is 0 Å². The second kappa shape index (κ2) is 9.11. The minimum atomic E-state index is 0.858. The summed E-state index contributed by atoms with van der Waals surface area (Å²) in [7, 11) is 0. The van der Waals surface area contributed by atoms with Gasteiger partial charge in [0.1, 0.15) is 0 Å². The molecule has 0 nitrogen and oxygen atoms in total. The van der Waals surface area contributed by atoms with Crippen molar-refractivity contribution in [2.24, 2.45) is 35.5 Å². The molecule has 4 atom stereocenters. The number of hydrogen-bond acceptors (Lipinski definition) is 0. The maximum atomic E-state index is 2.58. The van der Waals surface area contributed by atoms with Gasteiger partial charge >= 0.3 is 0 Å². The molecule has 0 aromatic carbocycles. The van der Waals surface area contributed by atoms with Crippen LogP contribution in [0.5, 0.6) is 0 Å². The smallest absolute Gasteiger partial charge is 0.0355 e. The van der Waals surface area contributed by atoms with Gasteiger partial charge in [-0.2, -0.15) is 0 Å². The highest BCUT2D eigenvalue weighted by atomic mass is 14.4. The van der Waals surface area contributed by atoms with Crippen molar-refractivity contribution >= 4 is 0 Å². The molecule has 0 spiro atoms. The van der Waals surface area contributed by atoms with Crippen LogP contribution in [0.15, 0.2) is 0 Å². The first kappa shape index (κ1) is 18.1. The minimum Gasteiger partial charge on any atom is -0.0654 e. The van der Waals surface area contributed by atoms with E-state index in [9.17, 15) is 0 Å². The fraction of sp³-hybridized carbons (Fsp3) is 1.00. The van der Waals surface area contributed by atoms with Crippen LogP contribution in [-0.2, 0) is 0 Å². The molecule has 1 rings (SSSR count). The van der Waals surface area contributed by atoms with E-state index in [0.717, 1.165) is 35.5 Å². The van der Waals surface area contributed by atoms with Gasteiger partial charge in [-0.1, -0.05) is 73.6 Å². The van der Waals surface area contributed by atoms with E-state index in [1.807, 2.05) is 0 Å². The van der Waals surface area contributed by atoms with E-state index in [4.69, 9.17) is 0 Å². The van der Waals surface area contributed by atoms with Crippen LogP contribution < -0.4 is 0 Å². The standard InChI is InChI=1S/C20H40/c1-7-9-11-16(5)14-20(18-12-13-18)17(6)19(10-8-2)15(3)4/h15-20H,7-14H2,1-6H3. The number of rotatable bonds is 11. The molecule has 1 fully saturated rings. The Labute approximate surface area is 129 Å². The molecule has 0 radical (unpaired) electrons. The van der Waals surface area contributed by atoms with Gasteiger partial charge in [-0.15, -0.1) is 0 Å². The molecule has 120 valence electrons. The van der Waals surface area contributed by atoms with Gasteiger partial charge in [-0.3, -0.25) is 0 Å². The highest BCUT2D eigenvalue weighted by Crippen LogP contribution is 2.47. The largest absolute Gasteiger partial charge is 0.0654 e. The van der Waals surface area contributed by atoms with Gasteiger partial charge in [-0.05, 0) is 54.8 Å². The number of hydrogen-bond donors (Lipinski definition) is 0. The van der Waals surface area contributed by atoms with Crippen molar-refractivity contribution in [2.45, 2.75) is 92.9 Å². The van der Waals surface area contributed by atoms with E-state index in [0.29, 0.717) is 0 Å². The van der Waals surface area contributed by atoms with E-state index in [1.54, 1.807) is 0 Å². The zero-order chi connectivity index (χ0) is 15.1. The molecule has 0 aromatic heterocycles. The van der Waals surface area contributed by atoms with Crippen LogP contribution in [0.4, 0.5) is 0 Å². The van der Waals surface area contributed by atoms with Crippen molar-refractivity contribution in [1.82, 2.24) is 0 Å². The summed E-state index contributed by atoms with van der Waals surface area (Å²) in [5.74, 6) is 5.78. The molecular formula is C20H40. The third-order valence-corrected chi connectivity index (χ3v) is 5.78. The van der Waals surface area contributed by atoms with Crippen molar-refractivity contribution in [2.75, 3.05) is 0 Å². The Morgan fingerprint density at radius 3 is 2.00 bits per heavy atom. The Morgan fingerprint density at radius 2 is 1.55 bits per heavy atom. The Kier molecular flexibility index (Phi) is 8.22. The lowest BCUT2D eigenvalue weighted by Crippen LogP contribution is -2.27. The van der Waals surface area contributed by atoms with Crippen LogP contribution in [0.25, 0.3) is 0 Å². The van der Waals surface area contributed by atoms with Crippen molar-refractivity contribution in [1.29, 1.82) is 0 Å². The molecule has 0 saturated heterocycles. The Morgan fingerprint density at radius 1 is 0.900 bits per heavy atom. The zero-order valence-corrected chi connectivity index (χ0v) is 15.1. The van der Waals surface area contributed by atoms with Crippen molar-refractivity contribution in [3.05, 3.63) is 0 Å². The summed E-state index contributed by atoms with van der Waals surface area (Å²) in [4.78, 5) is 0. The second-order valence-electron chi connectivity index (χ2n) is 8.04. The molecule has 0 N–H and O–H groups in total. The van der Waals surface area contributed by atoms with Crippen LogP contribution in [-0.4, -0.2) is 0 Å². The first-order valence-electron chi connectivity index (χ1n) is 9.51. The molecule has 4 unspecified atom stereocenters. The lowest BCUT2D eigenvalue weighted by molar-refractivity contribution is 0.142. The molecule has 20 heavy (non-hydrogen) atoms. The normalized spacial score (nSPS) is 21.8. The SMILES string of the molecule is CCCCC(C)CC(C1CC1)C(C)C(CCC)C(C)C. The fourth-order valence-electron chi connectivity index (χ4n) is 4.35. The summed E-state index contributed by atoms with van der Waals surface area (Å²) < 4.78 is 0. The molecule has 0 bridgehead atoms. The molecule has 1 aliphatic carbocycles. The average Bonchev–Trinajstić information content (AvgIpc) is 3.23. The van der Waals surface area contributed by atoms with Crippen molar-refractivity contribution in [3.63, 3.8) is 0 Å².